The van der Waals surface area contributed by atoms with E-state index in [1.54, 1.807) is 36.5 Å². The molecule has 9 heteroatoms. The summed E-state index contributed by atoms with van der Waals surface area (Å²) in [6.07, 6.45) is 7.11. The molecule has 0 saturated carbocycles. The molecule has 0 bridgehead atoms. The average Bonchev–Trinajstić information content (AvgIpc) is 3.38. The molecule has 2 aromatic heterocycles. The standard InChI is InChI=1S/C27H21F2N5O2/c28-21-14-17(15-5-10-35-11-6-15)13-20-23(26-33-8-9-34(26)27(30)31)19-12-16(3-4-22(19)36-24(20)21)18-2-1-7-32-25(18)29/h1-5,7-9,12-14,23H,6,10-11H2,(H3,30,31)/t23-/m1/s1. The normalized spacial score (nSPS) is 16.5. The van der Waals surface area contributed by atoms with E-state index in [9.17, 15) is 4.39 Å². The lowest BCUT2D eigenvalue weighted by molar-refractivity contribution is 0.161. The molecule has 0 unspecified atom stereocenters. The lowest BCUT2D eigenvalue weighted by atomic mass is 9.83. The number of ether oxygens (including phenoxy) is 2. The Kier molecular flexibility index (Phi) is 5.34. The smallest absolute Gasteiger partial charge is 0.220 e. The van der Waals surface area contributed by atoms with E-state index in [2.05, 4.69) is 9.97 Å². The molecule has 0 saturated heterocycles. The number of aromatic nitrogens is 3. The molecule has 3 N–H and O–H groups in total. The second-order valence-corrected chi connectivity index (χ2v) is 8.60. The van der Waals surface area contributed by atoms with Crippen molar-refractivity contribution in [3.8, 4) is 22.6 Å². The summed E-state index contributed by atoms with van der Waals surface area (Å²) in [4.78, 5) is 8.25. The van der Waals surface area contributed by atoms with Crippen LogP contribution >= 0.6 is 0 Å². The summed E-state index contributed by atoms with van der Waals surface area (Å²) in [5.74, 6) is -1.04. The Morgan fingerprint density at radius 2 is 1.92 bits per heavy atom. The number of nitrogen functional groups attached to an aromatic ring is 1. The molecule has 0 radical (unpaired) electrons. The van der Waals surface area contributed by atoms with Crippen LogP contribution in [0.15, 0.2) is 67.1 Å². The number of rotatable bonds is 3. The molecule has 0 fully saturated rings. The molecule has 0 spiro atoms. The third-order valence-electron chi connectivity index (χ3n) is 6.51. The highest BCUT2D eigenvalue weighted by Gasteiger charge is 2.35. The van der Waals surface area contributed by atoms with Crippen LogP contribution in [0.2, 0.25) is 0 Å². The van der Waals surface area contributed by atoms with Crippen LogP contribution < -0.4 is 10.5 Å². The van der Waals surface area contributed by atoms with Crippen LogP contribution in [0, 0.1) is 17.2 Å². The van der Waals surface area contributed by atoms with Crippen LogP contribution in [0.3, 0.4) is 0 Å². The zero-order valence-corrected chi connectivity index (χ0v) is 19.0. The van der Waals surface area contributed by atoms with Crippen molar-refractivity contribution in [3.05, 3.63) is 101 Å². The molecular weight excluding hydrogens is 464 g/mol. The van der Waals surface area contributed by atoms with Gasteiger partial charge in [-0.05, 0) is 59.5 Å². The van der Waals surface area contributed by atoms with Crippen molar-refractivity contribution in [1.82, 2.24) is 14.5 Å². The topological polar surface area (TPSA) is 99.0 Å². The highest BCUT2D eigenvalue weighted by Crippen LogP contribution is 2.50. The SMILES string of the molecule is N=C(N)n1ccnc1[C@@H]1c2cc(-c3cccnc3F)ccc2Oc2c(F)cc(C3=CCOCC3)cc21. The first kappa shape index (κ1) is 22.1. The van der Waals surface area contributed by atoms with Gasteiger partial charge in [-0.25, -0.2) is 14.4 Å². The summed E-state index contributed by atoms with van der Waals surface area (Å²) in [6.45, 7) is 1.02. The van der Waals surface area contributed by atoms with Crippen LogP contribution in [0.25, 0.3) is 16.7 Å². The van der Waals surface area contributed by atoms with Crippen LogP contribution in [-0.2, 0) is 4.74 Å². The Bertz CT molecular complexity index is 1550. The molecule has 4 heterocycles. The molecule has 2 aliphatic heterocycles. The number of halogens is 2. The first-order chi connectivity index (χ1) is 17.5. The molecule has 6 rings (SSSR count). The van der Waals surface area contributed by atoms with Crippen molar-refractivity contribution < 1.29 is 18.3 Å². The van der Waals surface area contributed by atoms with Gasteiger partial charge >= 0.3 is 0 Å². The number of nitrogens with two attached hydrogens (primary N) is 1. The van der Waals surface area contributed by atoms with Crippen LogP contribution in [0.5, 0.6) is 11.5 Å². The van der Waals surface area contributed by atoms with Crippen molar-refractivity contribution in [3.63, 3.8) is 0 Å². The van der Waals surface area contributed by atoms with E-state index in [-0.39, 0.29) is 11.7 Å². The Morgan fingerprint density at radius 1 is 1.06 bits per heavy atom. The molecule has 0 aliphatic carbocycles. The molecule has 4 aromatic rings. The summed E-state index contributed by atoms with van der Waals surface area (Å²) >= 11 is 0. The van der Waals surface area contributed by atoms with E-state index >= 15 is 4.39 Å². The monoisotopic (exact) mass is 485 g/mol. The number of nitrogens with one attached hydrogen (secondary N) is 1. The Morgan fingerprint density at radius 3 is 2.69 bits per heavy atom. The van der Waals surface area contributed by atoms with Gasteiger partial charge in [-0.15, -0.1) is 0 Å². The molecule has 1 atom stereocenters. The maximum atomic E-state index is 15.5. The first-order valence-corrected chi connectivity index (χ1v) is 11.4. The average molecular weight is 485 g/mol. The summed E-state index contributed by atoms with van der Waals surface area (Å²) in [5, 5.41) is 8.04. The fourth-order valence-corrected chi connectivity index (χ4v) is 4.84. The minimum atomic E-state index is -0.628. The number of fused-ring (bicyclic) bond motifs is 2. The fourth-order valence-electron chi connectivity index (χ4n) is 4.84. The minimum absolute atomic E-state index is 0.0855. The summed E-state index contributed by atoms with van der Waals surface area (Å²) in [6, 6.07) is 11.8. The van der Waals surface area contributed by atoms with Gasteiger partial charge in [-0.1, -0.05) is 12.1 Å². The van der Waals surface area contributed by atoms with Gasteiger partial charge in [0, 0.05) is 35.3 Å². The van der Waals surface area contributed by atoms with E-state index in [0.717, 1.165) is 11.1 Å². The third kappa shape index (κ3) is 3.64. The number of benzene rings is 2. The van der Waals surface area contributed by atoms with Gasteiger partial charge in [0.2, 0.25) is 5.95 Å². The van der Waals surface area contributed by atoms with Crippen LogP contribution in [-0.4, -0.2) is 33.7 Å². The molecule has 36 heavy (non-hydrogen) atoms. The summed E-state index contributed by atoms with van der Waals surface area (Å²) in [5.41, 5.74) is 9.65. The van der Waals surface area contributed by atoms with Crippen molar-refractivity contribution in [2.24, 2.45) is 5.73 Å². The van der Waals surface area contributed by atoms with Crippen LogP contribution in [0.1, 0.15) is 34.9 Å². The number of hydrogen-bond donors (Lipinski definition) is 2. The fraction of sp³-hybridized carbons (Fsp3) is 0.148. The van der Waals surface area contributed by atoms with E-state index in [4.69, 9.17) is 20.6 Å². The van der Waals surface area contributed by atoms with Crippen molar-refractivity contribution in [2.75, 3.05) is 13.2 Å². The lowest BCUT2D eigenvalue weighted by Gasteiger charge is -2.30. The molecule has 7 nitrogen and oxygen atoms in total. The minimum Gasteiger partial charge on any atom is -0.454 e. The van der Waals surface area contributed by atoms with Gasteiger partial charge in [0.05, 0.1) is 19.1 Å². The first-order valence-electron chi connectivity index (χ1n) is 11.4. The zero-order valence-electron chi connectivity index (χ0n) is 19.0. The van der Waals surface area contributed by atoms with Gasteiger partial charge in [-0.2, -0.15) is 4.39 Å². The number of imidazole rings is 1. The van der Waals surface area contributed by atoms with E-state index < -0.39 is 17.7 Å². The number of pyridine rings is 1. The van der Waals surface area contributed by atoms with Gasteiger partial charge in [0.15, 0.2) is 17.5 Å². The molecular formula is C27H21F2N5O2. The number of hydrogen-bond acceptors (Lipinski definition) is 5. The van der Waals surface area contributed by atoms with Crippen molar-refractivity contribution in [1.29, 1.82) is 5.41 Å². The van der Waals surface area contributed by atoms with E-state index in [0.29, 0.717) is 53.5 Å². The van der Waals surface area contributed by atoms with Gasteiger partial charge in [0.25, 0.3) is 0 Å². The molecule has 2 aliphatic rings. The Labute approximate surface area is 205 Å². The van der Waals surface area contributed by atoms with Crippen molar-refractivity contribution >= 4 is 11.5 Å². The Balaban J connectivity index is 1.59. The number of nitrogens with zero attached hydrogens (tertiary/aromatic N) is 3. The maximum absolute atomic E-state index is 15.5. The van der Waals surface area contributed by atoms with Gasteiger partial charge in [0.1, 0.15) is 11.6 Å². The molecule has 0 amide bonds. The maximum Gasteiger partial charge on any atom is 0.220 e. The van der Waals surface area contributed by atoms with E-state index in [1.165, 1.54) is 23.0 Å². The quantitative estimate of drug-likeness (QED) is 0.212. The second kappa shape index (κ2) is 8.69. The Hall–Kier alpha value is -4.37. The highest BCUT2D eigenvalue weighted by molar-refractivity contribution is 5.79. The third-order valence-corrected chi connectivity index (χ3v) is 6.51. The summed E-state index contributed by atoms with van der Waals surface area (Å²) in [7, 11) is 0. The highest BCUT2D eigenvalue weighted by atomic mass is 19.1. The predicted octanol–water partition coefficient (Wildman–Crippen LogP) is 5.05. The molecule has 2 aromatic carbocycles. The van der Waals surface area contributed by atoms with Crippen LogP contribution in [0.4, 0.5) is 8.78 Å². The summed E-state index contributed by atoms with van der Waals surface area (Å²) < 4.78 is 43.0. The lowest BCUT2D eigenvalue weighted by Crippen LogP contribution is -2.25. The largest absolute Gasteiger partial charge is 0.454 e. The van der Waals surface area contributed by atoms with Gasteiger partial charge < -0.3 is 15.2 Å². The predicted molar refractivity (Wildman–Crippen MR) is 130 cm³/mol. The van der Waals surface area contributed by atoms with E-state index in [1.807, 2.05) is 12.1 Å². The second-order valence-electron chi connectivity index (χ2n) is 8.60. The van der Waals surface area contributed by atoms with Gasteiger partial charge in [-0.3, -0.25) is 9.98 Å². The molecule has 180 valence electrons. The van der Waals surface area contributed by atoms with Crippen molar-refractivity contribution in [2.45, 2.75) is 12.3 Å². The zero-order chi connectivity index (χ0) is 24.8.